The minimum atomic E-state index is -0.496. The van der Waals surface area contributed by atoms with E-state index in [0.717, 1.165) is 11.1 Å². The van der Waals surface area contributed by atoms with Gasteiger partial charge in [-0.1, -0.05) is 24.3 Å². The van der Waals surface area contributed by atoms with E-state index in [1.54, 1.807) is 4.90 Å². The normalized spacial score (nSPS) is 17.7. The SMILES string of the molecule is Cc1ccccc1C1(C#N)CCN(C(=O)OC(C)(C)C)CC1. The second kappa shape index (κ2) is 6.00. The van der Waals surface area contributed by atoms with E-state index >= 15 is 0 Å². The summed E-state index contributed by atoms with van der Waals surface area (Å²) in [6.45, 7) is 8.73. The van der Waals surface area contributed by atoms with Gasteiger partial charge in [0.05, 0.1) is 11.5 Å². The highest BCUT2D eigenvalue weighted by Crippen LogP contribution is 2.36. The van der Waals surface area contributed by atoms with E-state index in [9.17, 15) is 10.1 Å². The summed E-state index contributed by atoms with van der Waals surface area (Å²) in [6, 6.07) is 10.5. The minimum Gasteiger partial charge on any atom is -0.444 e. The molecule has 0 saturated carbocycles. The van der Waals surface area contributed by atoms with Crippen LogP contribution in [0.5, 0.6) is 0 Å². The number of carbonyl (C=O) groups excluding carboxylic acids is 1. The number of hydrogen-bond donors (Lipinski definition) is 0. The lowest BCUT2D eigenvalue weighted by Gasteiger charge is -2.38. The summed E-state index contributed by atoms with van der Waals surface area (Å²) in [4.78, 5) is 13.8. The van der Waals surface area contributed by atoms with Crippen molar-refractivity contribution < 1.29 is 9.53 Å². The first-order valence-electron chi connectivity index (χ1n) is 7.73. The highest BCUT2D eigenvalue weighted by atomic mass is 16.6. The number of carbonyl (C=O) groups is 1. The quantitative estimate of drug-likeness (QED) is 0.793. The molecule has 1 saturated heterocycles. The Kier molecular flexibility index (Phi) is 4.46. The van der Waals surface area contributed by atoms with Gasteiger partial charge in [0, 0.05) is 13.1 Å². The van der Waals surface area contributed by atoms with Gasteiger partial charge in [-0.15, -0.1) is 0 Å². The lowest BCUT2D eigenvalue weighted by Crippen LogP contribution is -2.46. The summed E-state index contributed by atoms with van der Waals surface area (Å²) in [6.07, 6.45) is 1.00. The molecular weight excluding hydrogens is 276 g/mol. The molecule has 1 amide bonds. The van der Waals surface area contributed by atoms with Crippen molar-refractivity contribution in [3.63, 3.8) is 0 Å². The zero-order valence-corrected chi connectivity index (χ0v) is 13.8. The maximum Gasteiger partial charge on any atom is 0.410 e. The summed E-state index contributed by atoms with van der Waals surface area (Å²) in [5.41, 5.74) is 1.23. The summed E-state index contributed by atoms with van der Waals surface area (Å²) >= 11 is 0. The van der Waals surface area contributed by atoms with E-state index in [0.29, 0.717) is 25.9 Å². The Hall–Kier alpha value is -2.02. The smallest absolute Gasteiger partial charge is 0.410 e. The van der Waals surface area contributed by atoms with Crippen LogP contribution in [0.2, 0.25) is 0 Å². The van der Waals surface area contributed by atoms with E-state index in [1.165, 1.54) is 0 Å². The van der Waals surface area contributed by atoms with Gasteiger partial charge in [0.1, 0.15) is 5.60 Å². The van der Waals surface area contributed by atoms with Crippen LogP contribution in [0.4, 0.5) is 4.79 Å². The molecule has 1 aliphatic rings. The van der Waals surface area contributed by atoms with Gasteiger partial charge < -0.3 is 9.64 Å². The van der Waals surface area contributed by atoms with Crippen LogP contribution in [-0.2, 0) is 10.2 Å². The number of ether oxygens (including phenoxy) is 1. The fraction of sp³-hybridized carbons (Fsp3) is 0.556. The van der Waals surface area contributed by atoms with Crippen LogP contribution in [-0.4, -0.2) is 29.7 Å². The summed E-state index contributed by atoms with van der Waals surface area (Å²) in [5.74, 6) is 0. The lowest BCUT2D eigenvalue weighted by molar-refractivity contribution is 0.0185. The van der Waals surface area contributed by atoms with Crippen molar-refractivity contribution in [3.05, 3.63) is 35.4 Å². The molecule has 4 nitrogen and oxygen atoms in total. The first-order chi connectivity index (χ1) is 10.3. The molecule has 1 aliphatic heterocycles. The molecular formula is C18H24N2O2. The fourth-order valence-corrected chi connectivity index (χ4v) is 2.95. The topological polar surface area (TPSA) is 53.3 Å². The molecule has 22 heavy (non-hydrogen) atoms. The molecule has 1 aromatic rings. The Morgan fingerprint density at radius 3 is 2.36 bits per heavy atom. The van der Waals surface area contributed by atoms with Crippen molar-refractivity contribution in [2.45, 2.75) is 51.6 Å². The Morgan fingerprint density at radius 2 is 1.86 bits per heavy atom. The Balaban J connectivity index is 2.11. The molecule has 0 unspecified atom stereocenters. The van der Waals surface area contributed by atoms with Gasteiger partial charge in [0.2, 0.25) is 0 Å². The number of nitrogens with zero attached hydrogens (tertiary/aromatic N) is 2. The number of likely N-dealkylation sites (tertiary alicyclic amines) is 1. The largest absolute Gasteiger partial charge is 0.444 e. The van der Waals surface area contributed by atoms with Crippen molar-refractivity contribution in [2.24, 2.45) is 0 Å². The van der Waals surface area contributed by atoms with Gasteiger partial charge in [-0.3, -0.25) is 0 Å². The van der Waals surface area contributed by atoms with E-state index in [4.69, 9.17) is 4.74 Å². The number of benzene rings is 1. The van der Waals surface area contributed by atoms with Crippen molar-refractivity contribution in [1.82, 2.24) is 4.90 Å². The fourth-order valence-electron chi connectivity index (χ4n) is 2.95. The molecule has 0 aromatic heterocycles. The Labute approximate surface area is 132 Å². The maximum absolute atomic E-state index is 12.1. The predicted molar refractivity (Wildman–Crippen MR) is 85.5 cm³/mol. The number of piperidine rings is 1. The molecule has 0 spiro atoms. The number of nitriles is 1. The zero-order valence-electron chi connectivity index (χ0n) is 13.8. The molecule has 118 valence electrons. The van der Waals surface area contributed by atoms with Crippen LogP contribution in [0.3, 0.4) is 0 Å². The van der Waals surface area contributed by atoms with Gasteiger partial charge in [0.15, 0.2) is 0 Å². The second-order valence-electron chi connectivity index (χ2n) is 6.98. The van der Waals surface area contributed by atoms with Crippen LogP contribution in [0.25, 0.3) is 0 Å². The number of rotatable bonds is 1. The van der Waals surface area contributed by atoms with Crippen molar-refractivity contribution in [3.8, 4) is 6.07 Å². The third-order valence-electron chi connectivity index (χ3n) is 4.14. The maximum atomic E-state index is 12.1. The molecule has 1 heterocycles. The van der Waals surface area contributed by atoms with Crippen LogP contribution >= 0.6 is 0 Å². The summed E-state index contributed by atoms with van der Waals surface area (Å²) < 4.78 is 5.41. The second-order valence-corrected chi connectivity index (χ2v) is 6.98. The van der Waals surface area contributed by atoms with Gasteiger partial charge in [-0.2, -0.15) is 5.26 Å². The molecule has 0 radical (unpaired) electrons. The zero-order chi connectivity index (χ0) is 16.4. The average molecular weight is 300 g/mol. The third kappa shape index (κ3) is 3.41. The number of amides is 1. The van der Waals surface area contributed by atoms with E-state index in [2.05, 4.69) is 6.07 Å². The number of hydrogen-bond acceptors (Lipinski definition) is 3. The highest BCUT2D eigenvalue weighted by molar-refractivity contribution is 5.68. The Morgan fingerprint density at radius 1 is 1.27 bits per heavy atom. The molecule has 0 N–H and O–H groups in total. The molecule has 2 rings (SSSR count). The molecule has 4 heteroatoms. The molecule has 0 aliphatic carbocycles. The third-order valence-corrected chi connectivity index (χ3v) is 4.14. The van der Waals surface area contributed by atoms with E-state index in [1.807, 2.05) is 52.0 Å². The van der Waals surface area contributed by atoms with Gasteiger partial charge in [-0.05, 0) is 51.7 Å². The summed E-state index contributed by atoms with van der Waals surface area (Å²) in [7, 11) is 0. The van der Waals surface area contributed by atoms with Gasteiger partial charge in [0.25, 0.3) is 0 Å². The first-order valence-corrected chi connectivity index (χ1v) is 7.73. The first kappa shape index (κ1) is 16.4. The molecule has 0 atom stereocenters. The summed E-state index contributed by atoms with van der Waals surface area (Å²) in [5, 5.41) is 9.75. The van der Waals surface area contributed by atoms with Crippen LogP contribution in [0, 0.1) is 18.3 Å². The van der Waals surface area contributed by atoms with Crippen molar-refractivity contribution >= 4 is 6.09 Å². The van der Waals surface area contributed by atoms with Crippen LogP contribution in [0.15, 0.2) is 24.3 Å². The lowest BCUT2D eigenvalue weighted by atomic mass is 9.72. The molecule has 0 bridgehead atoms. The van der Waals surface area contributed by atoms with Gasteiger partial charge in [-0.25, -0.2) is 4.79 Å². The molecule has 1 aromatic carbocycles. The van der Waals surface area contributed by atoms with Crippen molar-refractivity contribution in [1.29, 1.82) is 5.26 Å². The Bertz CT molecular complexity index is 588. The van der Waals surface area contributed by atoms with Crippen LogP contribution in [0.1, 0.15) is 44.7 Å². The predicted octanol–water partition coefficient (Wildman–Crippen LogP) is 3.79. The standard InChI is InChI=1S/C18H24N2O2/c1-14-7-5-6-8-15(14)18(13-19)9-11-20(12-10-18)16(21)22-17(2,3)4/h5-8H,9-12H2,1-4H3. The number of aryl methyl sites for hydroxylation is 1. The van der Waals surface area contributed by atoms with Crippen molar-refractivity contribution in [2.75, 3.05) is 13.1 Å². The highest BCUT2D eigenvalue weighted by Gasteiger charge is 2.39. The molecule has 1 fully saturated rings. The van der Waals surface area contributed by atoms with E-state index in [-0.39, 0.29) is 6.09 Å². The minimum absolute atomic E-state index is 0.288. The van der Waals surface area contributed by atoms with Gasteiger partial charge >= 0.3 is 6.09 Å². The van der Waals surface area contributed by atoms with Crippen LogP contribution < -0.4 is 0 Å². The average Bonchev–Trinajstić information content (AvgIpc) is 2.46. The van der Waals surface area contributed by atoms with E-state index < -0.39 is 11.0 Å². The monoisotopic (exact) mass is 300 g/mol.